The molecule has 166 valence electrons. The van der Waals surface area contributed by atoms with E-state index < -0.39 is 12.1 Å². The summed E-state index contributed by atoms with van der Waals surface area (Å²) in [6.07, 6.45) is 7.15. The Morgan fingerprint density at radius 2 is 2.06 bits per heavy atom. The molecular weight excluding hydrogens is 399 g/mol. The summed E-state index contributed by atoms with van der Waals surface area (Å²) >= 11 is 0. The highest BCUT2D eigenvalue weighted by Crippen LogP contribution is 2.24. The molecule has 1 aliphatic carbocycles. The molecule has 1 saturated carbocycles. The summed E-state index contributed by atoms with van der Waals surface area (Å²) in [5, 5.41) is 6.52. The second-order valence-corrected chi connectivity index (χ2v) is 8.72. The van der Waals surface area contributed by atoms with Gasteiger partial charge in [0.05, 0.1) is 0 Å². The van der Waals surface area contributed by atoms with Crippen LogP contribution >= 0.6 is 0 Å². The lowest BCUT2D eigenvalue weighted by Gasteiger charge is -2.29. The zero-order valence-corrected chi connectivity index (χ0v) is 17.7. The van der Waals surface area contributed by atoms with E-state index in [-0.39, 0.29) is 43.1 Å². The van der Waals surface area contributed by atoms with Gasteiger partial charge < -0.3 is 15.6 Å². The number of nitrogens with zero attached hydrogens (tertiary/aromatic N) is 1. The molecule has 1 aromatic carbocycles. The second-order valence-electron chi connectivity index (χ2n) is 8.72. The zero-order chi connectivity index (χ0) is 22.0. The van der Waals surface area contributed by atoms with Crippen molar-refractivity contribution >= 4 is 28.7 Å². The van der Waals surface area contributed by atoms with Gasteiger partial charge in [0.25, 0.3) is 5.91 Å². The number of hydrogen-bond donors (Lipinski definition) is 3. The Balaban J connectivity index is 1.29. The minimum Gasteiger partial charge on any atom is -0.361 e. The number of carbonyl (C=O) groups is 3. The smallest absolute Gasteiger partial charge is 0.324 e. The Kier molecular flexibility index (Phi) is 6.25. The first kappa shape index (κ1) is 21.3. The van der Waals surface area contributed by atoms with Crippen molar-refractivity contribution in [3.8, 4) is 0 Å². The first-order chi connectivity index (χ1) is 14.9. The van der Waals surface area contributed by atoms with Gasteiger partial charge in [0.2, 0.25) is 5.91 Å². The number of carbonyl (C=O) groups excluding carboxylic acids is 3. The highest BCUT2D eigenvalue weighted by atomic mass is 19.1. The number of amides is 4. The minimum absolute atomic E-state index is 0.0694. The number of benzene rings is 1. The molecule has 4 rings (SSSR count). The van der Waals surface area contributed by atoms with Crippen molar-refractivity contribution in [2.45, 2.75) is 64.0 Å². The van der Waals surface area contributed by atoms with Gasteiger partial charge in [0.15, 0.2) is 0 Å². The summed E-state index contributed by atoms with van der Waals surface area (Å²) in [6.45, 7) is 2.36. The first-order valence-electron chi connectivity index (χ1n) is 11.1. The number of fused-ring (bicyclic) bond motifs is 1. The van der Waals surface area contributed by atoms with E-state index in [0.29, 0.717) is 12.3 Å². The van der Waals surface area contributed by atoms with Crippen LogP contribution in [-0.2, 0) is 16.0 Å². The number of halogens is 1. The highest BCUT2D eigenvalue weighted by Gasteiger charge is 2.37. The summed E-state index contributed by atoms with van der Waals surface area (Å²) in [6, 6.07) is 3.58. The van der Waals surface area contributed by atoms with Crippen LogP contribution in [0.1, 0.15) is 51.0 Å². The number of urea groups is 1. The summed E-state index contributed by atoms with van der Waals surface area (Å²) in [5.41, 5.74) is 1.66. The summed E-state index contributed by atoms with van der Waals surface area (Å²) in [5.74, 6) is -0.238. The van der Waals surface area contributed by atoms with Crippen LogP contribution in [0.4, 0.5) is 9.18 Å². The Bertz CT molecular complexity index is 988. The quantitative estimate of drug-likeness (QED) is 0.591. The van der Waals surface area contributed by atoms with Gasteiger partial charge in [0.1, 0.15) is 11.9 Å². The Morgan fingerprint density at radius 3 is 2.87 bits per heavy atom. The van der Waals surface area contributed by atoms with E-state index >= 15 is 0 Å². The summed E-state index contributed by atoms with van der Waals surface area (Å²) < 4.78 is 13.6. The molecule has 1 aromatic heterocycles. The van der Waals surface area contributed by atoms with Crippen LogP contribution in [-0.4, -0.2) is 46.4 Å². The minimum atomic E-state index is -0.678. The molecule has 31 heavy (non-hydrogen) atoms. The number of nitrogens with one attached hydrogen (secondary N) is 3. The molecule has 0 radical (unpaired) electrons. The number of imide groups is 1. The predicted molar refractivity (Wildman–Crippen MR) is 115 cm³/mol. The number of aromatic amines is 1. The summed E-state index contributed by atoms with van der Waals surface area (Å²) in [4.78, 5) is 41.6. The molecule has 2 heterocycles. The molecule has 3 N–H and O–H groups in total. The van der Waals surface area contributed by atoms with Gasteiger partial charge in [-0.25, -0.2) is 9.18 Å². The Labute approximate surface area is 180 Å². The maximum atomic E-state index is 13.6. The predicted octanol–water partition coefficient (Wildman–Crippen LogP) is 3.25. The fourth-order valence-corrected chi connectivity index (χ4v) is 4.66. The molecule has 4 amide bonds. The molecule has 2 aliphatic rings. The van der Waals surface area contributed by atoms with Crippen molar-refractivity contribution in [2.24, 2.45) is 5.92 Å². The standard InChI is InChI=1S/C23H29FN4O3/c1-14-4-2-3-5-18(14)26-21(29)9-8-20-22(30)28(23(31)27-20)11-10-15-13-25-19-7-6-16(24)12-17(15)19/h6-7,12-14,18,20,25H,2-5,8-11H2,1H3,(H,26,29)(H,27,31)/t14?,18?,20-/m0/s1. The van der Waals surface area contributed by atoms with Gasteiger partial charge in [0, 0.05) is 36.1 Å². The number of aromatic nitrogens is 1. The molecule has 1 saturated heterocycles. The Morgan fingerprint density at radius 1 is 1.26 bits per heavy atom. The van der Waals surface area contributed by atoms with Crippen molar-refractivity contribution < 1.29 is 18.8 Å². The maximum absolute atomic E-state index is 13.6. The molecule has 1 aliphatic heterocycles. The van der Waals surface area contributed by atoms with Gasteiger partial charge in [-0.1, -0.05) is 19.8 Å². The van der Waals surface area contributed by atoms with E-state index in [2.05, 4.69) is 22.5 Å². The fraction of sp³-hybridized carbons (Fsp3) is 0.522. The third kappa shape index (κ3) is 4.73. The van der Waals surface area contributed by atoms with Gasteiger partial charge in [-0.05, 0) is 55.4 Å². The first-order valence-corrected chi connectivity index (χ1v) is 11.1. The second kappa shape index (κ2) is 9.08. The highest BCUT2D eigenvalue weighted by molar-refractivity contribution is 6.04. The molecule has 8 heteroatoms. The SMILES string of the molecule is CC1CCCCC1NC(=O)CC[C@@H]1NC(=O)N(CCc2c[nH]c3ccc(F)cc23)C1=O. The van der Waals surface area contributed by atoms with Crippen LogP contribution in [0.5, 0.6) is 0 Å². The molecule has 2 aromatic rings. The van der Waals surface area contributed by atoms with Gasteiger partial charge in [-0.2, -0.15) is 0 Å². The third-order valence-corrected chi connectivity index (χ3v) is 6.56. The van der Waals surface area contributed by atoms with E-state index in [1.807, 2.05) is 0 Å². The lowest BCUT2D eigenvalue weighted by molar-refractivity contribution is -0.127. The van der Waals surface area contributed by atoms with Crippen molar-refractivity contribution in [1.29, 1.82) is 0 Å². The van der Waals surface area contributed by atoms with Crippen LogP contribution in [0.15, 0.2) is 24.4 Å². The van der Waals surface area contributed by atoms with Crippen molar-refractivity contribution in [1.82, 2.24) is 20.5 Å². The molecule has 0 bridgehead atoms. The normalized spacial score (nSPS) is 23.9. The monoisotopic (exact) mass is 428 g/mol. The number of H-pyrrole nitrogens is 1. The fourth-order valence-electron chi connectivity index (χ4n) is 4.66. The van der Waals surface area contributed by atoms with Crippen LogP contribution < -0.4 is 10.6 Å². The van der Waals surface area contributed by atoms with E-state index in [0.717, 1.165) is 35.7 Å². The van der Waals surface area contributed by atoms with E-state index in [9.17, 15) is 18.8 Å². The lowest BCUT2D eigenvalue weighted by Crippen LogP contribution is -2.41. The Hall–Kier alpha value is -2.90. The molecule has 0 spiro atoms. The zero-order valence-electron chi connectivity index (χ0n) is 17.7. The van der Waals surface area contributed by atoms with Gasteiger partial charge >= 0.3 is 6.03 Å². The van der Waals surface area contributed by atoms with Crippen LogP contribution in [0.2, 0.25) is 0 Å². The molecule has 7 nitrogen and oxygen atoms in total. The van der Waals surface area contributed by atoms with E-state index in [1.165, 1.54) is 23.5 Å². The van der Waals surface area contributed by atoms with Crippen LogP contribution in [0.25, 0.3) is 10.9 Å². The average Bonchev–Trinajstić information content (AvgIpc) is 3.26. The van der Waals surface area contributed by atoms with E-state index in [4.69, 9.17) is 0 Å². The lowest BCUT2D eigenvalue weighted by atomic mass is 9.86. The van der Waals surface area contributed by atoms with Crippen LogP contribution in [0, 0.1) is 11.7 Å². The summed E-state index contributed by atoms with van der Waals surface area (Å²) in [7, 11) is 0. The number of hydrogen-bond acceptors (Lipinski definition) is 3. The number of rotatable bonds is 7. The third-order valence-electron chi connectivity index (χ3n) is 6.56. The van der Waals surface area contributed by atoms with Gasteiger partial charge in [-0.3, -0.25) is 14.5 Å². The topological polar surface area (TPSA) is 94.3 Å². The molecule has 2 unspecified atom stereocenters. The van der Waals surface area contributed by atoms with E-state index in [1.54, 1.807) is 12.3 Å². The van der Waals surface area contributed by atoms with Gasteiger partial charge in [-0.15, -0.1) is 0 Å². The van der Waals surface area contributed by atoms with Crippen molar-refractivity contribution in [3.63, 3.8) is 0 Å². The maximum Gasteiger partial charge on any atom is 0.324 e. The molecule has 3 atom stereocenters. The van der Waals surface area contributed by atoms with Crippen molar-refractivity contribution in [2.75, 3.05) is 6.54 Å². The largest absolute Gasteiger partial charge is 0.361 e. The van der Waals surface area contributed by atoms with Crippen LogP contribution in [0.3, 0.4) is 0 Å². The average molecular weight is 429 g/mol. The van der Waals surface area contributed by atoms with Crippen molar-refractivity contribution in [3.05, 3.63) is 35.8 Å². The molecular formula is C23H29FN4O3. The molecule has 2 fully saturated rings.